The molecule has 4 heteroatoms. The van der Waals surface area contributed by atoms with Crippen LogP contribution in [0.25, 0.3) is 0 Å². The summed E-state index contributed by atoms with van der Waals surface area (Å²) in [5.41, 5.74) is 4.77. The molecule has 0 aliphatic carbocycles. The van der Waals surface area contributed by atoms with E-state index in [4.69, 9.17) is 16.1 Å². The molecule has 0 radical (unpaired) electrons. The van der Waals surface area contributed by atoms with Gasteiger partial charge in [-0.15, -0.1) is 0 Å². The highest BCUT2D eigenvalue weighted by atomic mass is 35.5. The minimum Gasteiger partial charge on any atom is -0.361 e. The second-order valence-corrected chi connectivity index (χ2v) is 3.58. The van der Waals surface area contributed by atoms with Gasteiger partial charge in [-0.1, -0.05) is 16.8 Å². The molecule has 3 nitrogen and oxygen atoms in total. The highest BCUT2D eigenvalue weighted by Gasteiger charge is 2.07. The topological polar surface area (TPSA) is 38.1 Å². The van der Waals surface area contributed by atoms with Crippen LogP contribution in [0.15, 0.2) is 15.6 Å². The summed E-state index contributed by atoms with van der Waals surface area (Å²) in [6.07, 6.45) is 0. The summed E-state index contributed by atoms with van der Waals surface area (Å²) in [5.74, 6) is 0.877. The molecule has 0 fully saturated rings. The molecule has 14 heavy (non-hydrogen) atoms. The van der Waals surface area contributed by atoms with E-state index in [0.29, 0.717) is 0 Å². The quantitative estimate of drug-likeness (QED) is 0.837. The van der Waals surface area contributed by atoms with Gasteiger partial charge in [-0.05, 0) is 26.3 Å². The average Bonchev–Trinajstić information content (AvgIpc) is 2.48. The standard InChI is InChI=1S/C10H15ClN2O/c1-7(4-11)5-12-6-10-8(2)13-14-9(10)3/h4,12H,5-6H2,1-3H3. The first kappa shape index (κ1) is 11.3. The molecule has 0 saturated heterocycles. The zero-order chi connectivity index (χ0) is 10.6. The van der Waals surface area contributed by atoms with E-state index >= 15 is 0 Å². The Morgan fingerprint density at radius 3 is 2.79 bits per heavy atom. The summed E-state index contributed by atoms with van der Waals surface area (Å²) >= 11 is 5.54. The third kappa shape index (κ3) is 2.86. The van der Waals surface area contributed by atoms with Crippen molar-refractivity contribution < 1.29 is 4.52 Å². The van der Waals surface area contributed by atoms with Gasteiger partial charge in [0.2, 0.25) is 0 Å². The summed E-state index contributed by atoms with van der Waals surface area (Å²) in [6, 6.07) is 0. The normalized spacial score (nSPS) is 12.1. The maximum atomic E-state index is 5.54. The molecule has 1 aromatic rings. The van der Waals surface area contributed by atoms with Crippen molar-refractivity contribution in [2.24, 2.45) is 0 Å². The molecule has 0 aliphatic heterocycles. The Balaban J connectivity index is 2.46. The Morgan fingerprint density at radius 1 is 1.57 bits per heavy atom. The number of halogens is 1. The molecule has 0 atom stereocenters. The van der Waals surface area contributed by atoms with Gasteiger partial charge in [0.15, 0.2) is 0 Å². The second-order valence-electron chi connectivity index (χ2n) is 3.36. The van der Waals surface area contributed by atoms with E-state index in [2.05, 4.69) is 10.5 Å². The van der Waals surface area contributed by atoms with Crippen LogP contribution in [0, 0.1) is 13.8 Å². The molecule has 1 heterocycles. The molecular weight excluding hydrogens is 200 g/mol. The van der Waals surface area contributed by atoms with Crippen LogP contribution in [0.1, 0.15) is 23.9 Å². The van der Waals surface area contributed by atoms with E-state index in [0.717, 1.165) is 35.7 Å². The number of aromatic nitrogens is 1. The Labute approximate surface area is 89.1 Å². The fourth-order valence-corrected chi connectivity index (χ4v) is 1.25. The molecule has 1 aromatic heterocycles. The molecule has 0 aliphatic rings. The zero-order valence-corrected chi connectivity index (χ0v) is 9.48. The van der Waals surface area contributed by atoms with Gasteiger partial charge in [-0.2, -0.15) is 0 Å². The maximum absolute atomic E-state index is 5.54. The van der Waals surface area contributed by atoms with Gasteiger partial charge in [-0.3, -0.25) is 0 Å². The Hall–Kier alpha value is -0.800. The predicted octanol–water partition coefficient (Wildman–Crippen LogP) is 2.52. The first-order valence-electron chi connectivity index (χ1n) is 4.53. The van der Waals surface area contributed by atoms with Gasteiger partial charge in [0.05, 0.1) is 5.69 Å². The lowest BCUT2D eigenvalue weighted by atomic mass is 10.2. The van der Waals surface area contributed by atoms with Gasteiger partial charge in [0.25, 0.3) is 0 Å². The maximum Gasteiger partial charge on any atom is 0.138 e. The van der Waals surface area contributed by atoms with E-state index < -0.39 is 0 Å². The van der Waals surface area contributed by atoms with E-state index in [1.807, 2.05) is 20.8 Å². The van der Waals surface area contributed by atoms with Crippen molar-refractivity contribution in [1.82, 2.24) is 10.5 Å². The Kier molecular flexibility index (Phi) is 4.17. The van der Waals surface area contributed by atoms with E-state index in [1.54, 1.807) is 5.54 Å². The summed E-state index contributed by atoms with van der Waals surface area (Å²) in [6.45, 7) is 7.39. The van der Waals surface area contributed by atoms with Gasteiger partial charge >= 0.3 is 0 Å². The minimum atomic E-state index is 0.767. The molecule has 0 amide bonds. The van der Waals surface area contributed by atoms with Gasteiger partial charge in [0, 0.05) is 24.2 Å². The minimum absolute atomic E-state index is 0.767. The van der Waals surface area contributed by atoms with E-state index in [-0.39, 0.29) is 0 Å². The van der Waals surface area contributed by atoms with Crippen LogP contribution in [-0.2, 0) is 6.54 Å². The van der Waals surface area contributed by atoms with Crippen molar-refractivity contribution in [3.63, 3.8) is 0 Å². The van der Waals surface area contributed by atoms with Gasteiger partial charge in [0.1, 0.15) is 5.76 Å². The third-order valence-electron chi connectivity index (χ3n) is 2.07. The van der Waals surface area contributed by atoms with E-state index in [1.165, 1.54) is 0 Å². The Bertz CT molecular complexity index is 311. The van der Waals surface area contributed by atoms with Crippen molar-refractivity contribution in [3.05, 3.63) is 28.1 Å². The fraction of sp³-hybridized carbons (Fsp3) is 0.500. The highest BCUT2D eigenvalue weighted by molar-refractivity contribution is 6.25. The number of rotatable bonds is 4. The van der Waals surface area contributed by atoms with Crippen LogP contribution in [0.5, 0.6) is 0 Å². The molecule has 0 saturated carbocycles. The molecule has 0 unspecified atom stereocenters. The van der Waals surface area contributed by atoms with Crippen molar-refractivity contribution in [2.75, 3.05) is 6.54 Å². The molecular formula is C10H15ClN2O. The molecule has 1 rings (SSSR count). The highest BCUT2D eigenvalue weighted by Crippen LogP contribution is 2.11. The third-order valence-corrected chi connectivity index (χ3v) is 2.45. The lowest BCUT2D eigenvalue weighted by Crippen LogP contribution is -2.16. The van der Waals surface area contributed by atoms with Crippen molar-refractivity contribution in [2.45, 2.75) is 27.3 Å². The first-order chi connectivity index (χ1) is 6.65. The molecule has 0 aromatic carbocycles. The average molecular weight is 215 g/mol. The largest absolute Gasteiger partial charge is 0.361 e. The van der Waals surface area contributed by atoms with Crippen LogP contribution >= 0.6 is 11.6 Å². The van der Waals surface area contributed by atoms with Gasteiger partial charge < -0.3 is 9.84 Å². The fourth-order valence-electron chi connectivity index (χ4n) is 1.18. The Morgan fingerprint density at radius 2 is 2.29 bits per heavy atom. The first-order valence-corrected chi connectivity index (χ1v) is 4.97. The summed E-state index contributed by atoms with van der Waals surface area (Å²) in [4.78, 5) is 0. The van der Waals surface area contributed by atoms with E-state index in [9.17, 15) is 0 Å². The molecule has 1 N–H and O–H groups in total. The number of nitrogens with one attached hydrogen (secondary N) is 1. The van der Waals surface area contributed by atoms with Crippen LogP contribution in [0.3, 0.4) is 0 Å². The zero-order valence-electron chi connectivity index (χ0n) is 8.72. The smallest absolute Gasteiger partial charge is 0.138 e. The number of hydrogen-bond acceptors (Lipinski definition) is 3. The SMILES string of the molecule is CC(=CCl)CNCc1c(C)noc1C. The lowest BCUT2D eigenvalue weighted by molar-refractivity contribution is 0.392. The predicted molar refractivity (Wildman–Crippen MR) is 57.3 cm³/mol. The number of nitrogens with zero attached hydrogens (tertiary/aromatic N) is 1. The monoisotopic (exact) mass is 214 g/mol. The summed E-state index contributed by atoms with van der Waals surface area (Å²) in [5, 5.41) is 7.15. The van der Waals surface area contributed by atoms with Crippen LogP contribution in [-0.4, -0.2) is 11.7 Å². The van der Waals surface area contributed by atoms with Crippen LogP contribution in [0.2, 0.25) is 0 Å². The molecule has 78 valence electrons. The van der Waals surface area contributed by atoms with Crippen molar-refractivity contribution in [1.29, 1.82) is 0 Å². The number of aryl methyl sites for hydroxylation is 2. The van der Waals surface area contributed by atoms with Crippen molar-refractivity contribution in [3.8, 4) is 0 Å². The summed E-state index contributed by atoms with van der Waals surface area (Å²) < 4.78 is 5.05. The number of hydrogen-bond donors (Lipinski definition) is 1. The van der Waals surface area contributed by atoms with Crippen molar-refractivity contribution >= 4 is 11.6 Å². The van der Waals surface area contributed by atoms with Crippen LogP contribution in [0.4, 0.5) is 0 Å². The second kappa shape index (κ2) is 5.17. The molecule has 0 spiro atoms. The lowest BCUT2D eigenvalue weighted by Gasteiger charge is -2.03. The van der Waals surface area contributed by atoms with Gasteiger partial charge in [-0.25, -0.2) is 0 Å². The van der Waals surface area contributed by atoms with Crippen LogP contribution < -0.4 is 5.32 Å². The summed E-state index contributed by atoms with van der Waals surface area (Å²) in [7, 11) is 0. The molecule has 0 bridgehead atoms.